The van der Waals surface area contributed by atoms with Gasteiger partial charge in [-0.15, -0.1) is 0 Å². The molecule has 0 amide bonds. The average Bonchev–Trinajstić information content (AvgIpc) is 3.27. The van der Waals surface area contributed by atoms with E-state index in [1.807, 2.05) is 0 Å². The summed E-state index contributed by atoms with van der Waals surface area (Å²) in [6.07, 6.45) is 1.01. The van der Waals surface area contributed by atoms with Gasteiger partial charge >= 0.3 is 0 Å². The van der Waals surface area contributed by atoms with E-state index in [2.05, 4.69) is 117 Å². The van der Waals surface area contributed by atoms with Crippen molar-refractivity contribution in [1.29, 1.82) is 0 Å². The molecule has 0 saturated carbocycles. The van der Waals surface area contributed by atoms with Crippen molar-refractivity contribution < 1.29 is 4.57 Å². The summed E-state index contributed by atoms with van der Waals surface area (Å²) in [5.41, 5.74) is 15.9. The Morgan fingerprint density at radius 1 is 0.667 bits per heavy atom. The van der Waals surface area contributed by atoms with E-state index < -0.39 is 0 Å². The molecule has 1 aromatic heterocycles. The molecule has 0 aliphatic heterocycles. The Morgan fingerprint density at radius 3 is 2.06 bits per heavy atom. The molecule has 4 aromatic carbocycles. The number of imidazole rings is 1. The Balaban J connectivity index is 1.77. The molecule has 2 heteroatoms. The Kier molecular flexibility index (Phi) is 4.35. The van der Waals surface area contributed by atoms with Crippen LogP contribution in [0.15, 0.2) is 72.8 Å². The van der Waals surface area contributed by atoms with Crippen molar-refractivity contribution >= 4 is 11.0 Å². The number of aromatic nitrogens is 2. The third-order valence-corrected chi connectivity index (χ3v) is 7.27. The minimum absolute atomic E-state index is 1.01. The lowest BCUT2D eigenvalue weighted by Crippen LogP contribution is -2.30. The molecule has 1 heterocycles. The maximum absolute atomic E-state index is 2.50. The van der Waals surface area contributed by atoms with Crippen LogP contribution in [0.25, 0.3) is 39.2 Å². The molecule has 0 spiro atoms. The molecule has 1 aliphatic rings. The van der Waals surface area contributed by atoms with Crippen molar-refractivity contribution in [3.63, 3.8) is 0 Å². The van der Waals surface area contributed by atoms with Gasteiger partial charge in [0.2, 0.25) is 0 Å². The minimum atomic E-state index is 1.01. The molecule has 2 nitrogen and oxygen atoms in total. The van der Waals surface area contributed by atoms with E-state index in [9.17, 15) is 0 Å². The zero-order valence-electron chi connectivity index (χ0n) is 20.0. The summed E-state index contributed by atoms with van der Waals surface area (Å²) in [5.74, 6) is 1.23. The molecule has 0 unspecified atom stereocenters. The summed E-state index contributed by atoms with van der Waals surface area (Å²) < 4.78 is 4.89. The van der Waals surface area contributed by atoms with Crippen LogP contribution in [0.2, 0.25) is 0 Å². The van der Waals surface area contributed by atoms with Gasteiger partial charge in [-0.3, -0.25) is 0 Å². The van der Waals surface area contributed by atoms with Gasteiger partial charge in [0.15, 0.2) is 11.0 Å². The number of rotatable bonds is 2. The minimum Gasteiger partial charge on any atom is -0.225 e. The van der Waals surface area contributed by atoms with Crippen molar-refractivity contribution in [2.24, 2.45) is 7.05 Å². The molecule has 6 rings (SSSR count). The highest BCUT2D eigenvalue weighted by molar-refractivity contribution is 5.90. The van der Waals surface area contributed by atoms with E-state index in [4.69, 9.17) is 0 Å². The van der Waals surface area contributed by atoms with Gasteiger partial charge in [0.05, 0.1) is 12.6 Å². The molecular weight excluding hydrogens is 400 g/mol. The van der Waals surface area contributed by atoms with E-state index in [0.717, 1.165) is 6.42 Å². The van der Waals surface area contributed by atoms with Gasteiger partial charge in [-0.25, -0.2) is 4.57 Å². The smallest absolute Gasteiger partial charge is 0.225 e. The third-order valence-electron chi connectivity index (χ3n) is 7.27. The molecule has 0 radical (unpaired) electrons. The first kappa shape index (κ1) is 20.0. The number of aryl methyl sites for hydroxylation is 5. The fraction of sp³-hybridized carbons (Fsp3) is 0.194. The zero-order valence-corrected chi connectivity index (χ0v) is 20.0. The molecule has 0 saturated heterocycles. The first-order valence-electron chi connectivity index (χ1n) is 11.7. The highest BCUT2D eigenvalue weighted by atomic mass is 15.2. The Labute approximate surface area is 195 Å². The summed E-state index contributed by atoms with van der Waals surface area (Å²) in [7, 11) is 2.22. The molecule has 0 bridgehead atoms. The SMILES string of the molecule is Cc1cc(C)c(-n2c(-c3ccccc3C)[n+](C)c3cc4c(cc32)-c2ccccc2C4)c(C)c1. The predicted octanol–water partition coefficient (Wildman–Crippen LogP) is 6.93. The average molecular weight is 430 g/mol. The third kappa shape index (κ3) is 2.90. The van der Waals surface area contributed by atoms with Crippen LogP contribution in [-0.2, 0) is 13.5 Å². The van der Waals surface area contributed by atoms with Gasteiger partial charge < -0.3 is 0 Å². The van der Waals surface area contributed by atoms with Gasteiger partial charge in [-0.2, -0.15) is 4.57 Å². The molecule has 0 N–H and O–H groups in total. The van der Waals surface area contributed by atoms with Crippen molar-refractivity contribution in [3.8, 4) is 28.2 Å². The lowest BCUT2D eigenvalue weighted by molar-refractivity contribution is -0.633. The highest BCUT2D eigenvalue weighted by Crippen LogP contribution is 2.40. The van der Waals surface area contributed by atoms with Gasteiger partial charge in [0, 0.05) is 0 Å². The second-order valence-corrected chi connectivity index (χ2v) is 9.61. The molecule has 162 valence electrons. The lowest BCUT2D eigenvalue weighted by atomic mass is 10.0. The number of hydrogen-bond acceptors (Lipinski definition) is 0. The van der Waals surface area contributed by atoms with E-state index in [1.54, 1.807) is 0 Å². The number of hydrogen-bond donors (Lipinski definition) is 0. The predicted molar refractivity (Wildman–Crippen MR) is 137 cm³/mol. The second-order valence-electron chi connectivity index (χ2n) is 9.61. The zero-order chi connectivity index (χ0) is 22.9. The molecule has 33 heavy (non-hydrogen) atoms. The maximum atomic E-state index is 2.50. The van der Waals surface area contributed by atoms with Crippen LogP contribution in [0, 0.1) is 27.7 Å². The first-order chi connectivity index (χ1) is 15.9. The summed E-state index contributed by atoms with van der Waals surface area (Å²) in [5, 5.41) is 0. The lowest BCUT2D eigenvalue weighted by Gasteiger charge is -2.12. The Hall–Kier alpha value is -3.65. The molecule has 1 aliphatic carbocycles. The summed E-state index contributed by atoms with van der Waals surface area (Å²) >= 11 is 0. The van der Waals surface area contributed by atoms with Crippen LogP contribution >= 0.6 is 0 Å². The molecule has 0 atom stereocenters. The topological polar surface area (TPSA) is 8.81 Å². The Morgan fingerprint density at radius 2 is 1.33 bits per heavy atom. The van der Waals surface area contributed by atoms with Crippen molar-refractivity contribution in [3.05, 3.63) is 106 Å². The van der Waals surface area contributed by atoms with Crippen LogP contribution in [-0.4, -0.2) is 4.57 Å². The largest absolute Gasteiger partial charge is 0.295 e. The van der Waals surface area contributed by atoms with Crippen molar-refractivity contribution in [2.45, 2.75) is 34.1 Å². The molecular formula is C31H29N2+. The quantitative estimate of drug-likeness (QED) is 0.264. The van der Waals surface area contributed by atoms with Crippen LogP contribution in [0.1, 0.15) is 33.4 Å². The van der Waals surface area contributed by atoms with E-state index in [0.29, 0.717) is 0 Å². The monoisotopic (exact) mass is 429 g/mol. The first-order valence-corrected chi connectivity index (χ1v) is 11.7. The van der Waals surface area contributed by atoms with E-state index in [-0.39, 0.29) is 0 Å². The summed E-state index contributed by atoms with van der Waals surface area (Å²) in [6.45, 7) is 8.88. The summed E-state index contributed by atoms with van der Waals surface area (Å²) in [6, 6.07) is 27.0. The Bertz CT molecular complexity index is 1560. The second kappa shape index (κ2) is 7.18. The van der Waals surface area contributed by atoms with E-state index >= 15 is 0 Å². The highest BCUT2D eigenvalue weighted by Gasteiger charge is 2.31. The van der Waals surface area contributed by atoms with Gasteiger partial charge in [-0.1, -0.05) is 60.2 Å². The molecule has 5 aromatic rings. The van der Waals surface area contributed by atoms with Gasteiger partial charge in [-0.05, 0) is 91.3 Å². The maximum Gasteiger partial charge on any atom is 0.295 e. The van der Waals surface area contributed by atoms with Crippen molar-refractivity contribution in [2.75, 3.05) is 0 Å². The van der Waals surface area contributed by atoms with Crippen molar-refractivity contribution in [1.82, 2.24) is 4.57 Å². The van der Waals surface area contributed by atoms with Crippen LogP contribution < -0.4 is 4.57 Å². The summed E-state index contributed by atoms with van der Waals surface area (Å²) in [4.78, 5) is 0. The fourth-order valence-corrected chi connectivity index (χ4v) is 5.86. The standard InChI is InChI=1S/C31H29N2/c1-19-14-21(3)30(22(4)15-19)33-29-18-27-24(16-23-11-7-9-13-26(23)27)17-28(29)32(5)31(33)25-12-8-6-10-20(25)2/h6-15,17-18H,16H2,1-5H3/q+1. The molecule has 0 fully saturated rings. The normalized spacial score (nSPS) is 12.3. The number of nitrogens with zero attached hydrogens (tertiary/aromatic N) is 2. The van der Waals surface area contributed by atoms with Crippen LogP contribution in [0.3, 0.4) is 0 Å². The fourth-order valence-electron chi connectivity index (χ4n) is 5.86. The van der Waals surface area contributed by atoms with Crippen LogP contribution in [0.5, 0.6) is 0 Å². The van der Waals surface area contributed by atoms with E-state index in [1.165, 1.54) is 72.6 Å². The van der Waals surface area contributed by atoms with Gasteiger partial charge in [0.25, 0.3) is 5.82 Å². The number of benzene rings is 4. The van der Waals surface area contributed by atoms with Crippen LogP contribution in [0.4, 0.5) is 0 Å². The number of fused-ring (bicyclic) bond motifs is 4. The van der Waals surface area contributed by atoms with Gasteiger partial charge in [0.1, 0.15) is 5.69 Å².